The van der Waals surface area contributed by atoms with E-state index in [0.717, 1.165) is 11.6 Å². The third-order valence-corrected chi connectivity index (χ3v) is 5.55. The lowest BCUT2D eigenvalue weighted by atomic mass is 9.73. The standard InChI is InChI=1S/C22H22F3N5O2/c1-21(9-4-5-14(12-21)22(23,24)25)18(11-19(31)26-13-15-8-10-32-30-15)29-20-27-16-6-2-3-7-17(16)28-20/h2-10,18H,11-13H2,1H3,(H,26,31)(H2,27,28,29). The monoisotopic (exact) mass is 445 g/mol. The Labute approximate surface area is 181 Å². The van der Waals surface area contributed by atoms with Crippen molar-refractivity contribution in [2.75, 3.05) is 5.32 Å². The molecule has 2 aromatic heterocycles. The van der Waals surface area contributed by atoms with Crippen LogP contribution in [0.5, 0.6) is 0 Å². The number of benzene rings is 1. The number of alkyl halides is 3. The Hall–Kier alpha value is -3.56. The van der Waals surface area contributed by atoms with Crippen molar-refractivity contribution in [3.63, 3.8) is 0 Å². The number of aromatic amines is 1. The first kappa shape index (κ1) is 21.7. The highest BCUT2D eigenvalue weighted by Crippen LogP contribution is 2.42. The fraction of sp³-hybridized carbons (Fsp3) is 0.318. The van der Waals surface area contributed by atoms with Gasteiger partial charge < -0.3 is 20.1 Å². The van der Waals surface area contributed by atoms with Gasteiger partial charge in [0.1, 0.15) is 12.0 Å². The number of nitrogens with one attached hydrogen (secondary N) is 3. The summed E-state index contributed by atoms with van der Waals surface area (Å²) in [5.41, 5.74) is 0.422. The van der Waals surface area contributed by atoms with E-state index < -0.39 is 23.2 Å². The summed E-state index contributed by atoms with van der Waals surface area (Å²) in [6.07, 6.45) is 0.796. The van der Waals surface area contributed by atoms with Crippen molar-refractivity contribution in [3.8, 4) is 0 Å². The molecule has 0 saturated carbocycles. The molecule has 1 amide bonds. The maximum absolute atomic E-state index is 13.4. The van der Waals surface area contributed by atoms with Gasteiger partial charge in [0.05, 0.1) is 17.6 Å². The molecule has 1 aromatic carbocycles. The van der Waals surface area contributed by atoms with Crippen LogP contribution in [0.4, 0.5) is 19.1 Å². The Morgan fingerprint density at radius 1 is 1.31 bits per heavy atom. The second-order valence-electron chi connectivity index (χ2n) is 8.00. The summed E-state index contributed by atoms with van der Waals surface area (Å²) in [6.45, 7) is 1.86. The van der Waals surface area contributed by atoms with Gasteiger partial charge in [0.25, 0.3) is 0 Å². The Balaban J connectivity index is 1.56. The van der Waals surface area contributed by atoms with Crippen molar-refractivity contribution in [1.29, 1.82) is 0 Å². The lowest BCUT2D eigenvalue weighted by molar-refractivity contribution is -0.122. The highest BCUT2D eigenvalue weighted by Gasteiger charge is 2.43. The Bertz CT molecular complexity index is 1120. The number of carbonyl (C=O) groups is 1. The first-order valence-electron chi connectivity index (χ1n) is 10.1. The van der Waals surface area contributed by atoms with Gasteiger partial charge in [0.2, 0.25) is 11.9 Å². The molecule has 0 radical (unpaired) electrons. The van der Waals surface area contributed by atoms with E-state index in [9.17, 15) is 18.0 Å². The Kier molecular flexibility index (Phi) is 5.77. The van der Waals surface area contributed by atoms with Crippen molar-refractivity contribution >= 4 is 22.9 Å². The molecular weight excluding hydrogens is 423 g/mol. The van der Waals surface area contributed by atoms with Gasteiger partial charge in [0.15, 0.2) is 0 Å². The van der Waals surface area contributed by atoms with Gasteiger partial charge in [-0.05, 0) is 18.6 Å². The molecule has 7 nitrogen and oxygen atoms in total. The van der Waals surface area contributed by atoms with Crippen molar-refractivity contribution in [3.05, 3.63) is 66.1 Å². The van der Waals surface area contributed by atoms with E-state index in [0.29, 0.717) is 17.2 Å². The summed E-state index contributed by atoms with van der Waals surface area (Å²) in [6, 6.07) is 8.32. The molecule has 0 aliphatic heterocycles. The van der Waals surface area contributed by atoms with Crippen LogP contribution in [0.1, 0.15) is 25.5 Å². The van der Waals surface area contributed by atoms with Gasteiger partial charge in [-0.1, -0.05) is 42.4 Å². The number of para-hydroxylation sites is 2. The quantitative estimate of drug-likeness (QED) is 0.498. The molecule has 0 bridgehead atoms. The Morgan fingerprint density at radius 2 is 2.12 bits per heavy atom. The zero-order valence-corrected chi connectivity index (χ0v) is 17.2. The van der Waals surface area contributed by atoms with Gasteiger partial charge in [0, 0.05) is 29.5 Å². The van der Waals surface area contributed by atoms with Crippen LogP contribution in [0.25, 0.3) is 11.0 Å². The lowest BCUT2D eigenvalue weighted by Crippen LogP contribution is -2.43. The average Bonchev–Trinajstić information content (AvgIpc) is 3.40. The van der Waals surface area contributed by atoms with Crippen molar-refractivity contribution in [1.82, 2.24) is 20.4 Å². The number of aromatic nitrogens is 3. The summed E-state index contributed by atoms with van der Waals surface area (Å²) >= 11 is 0. The number of rotatable bonds is 7. The summed E-state index contributed by atoms with van der Waals surface area (Å²) < 4.78 is 45.0. The second kappa shape index (κ2) is 8.52. The number of hydrogen-bond acceptors (Lipinski definition) is 5. The van der Waals surface area contributed by atoms with Crippen LogP contribution in [0.15, 0.2) is 64.9 Å². The van der Waals surface area contributed by atoms with Crippen LogP contribution < -0.4 is 10.6 Å². The van der Waals surface area contributed by atoms with Gasteiger partial charge in [-0.3, -0.25) is 4.79 Å². The second-order valence-corrected chi connectivity index (χ2v) is 8.00. The molecule has 1 aliphatic carbocycles. The van der Waals surface area contributed by atoms with E-state index in [1.165, 1.54) is 12.3 Å². The first-order valence-corrected chi connectivity index (χ1v) is 10.1. The normalized spacial score (nSPS) is 19.6. The van der Waals surface area contributed by atoms with Crippen LogP contribution >= 0.6 is 0 Å². The molecule has 0 saturated heterocycles. The molecule has 2 atom stereocenters. The maximum Gasteiger partial charge on any atom is 0.412 e. The maximum atomic E-state index is 13.4. The number of imidazole rings is 1. The highest BCUT2D eigenvalue weighted by atomic mass is 19.4. The predicted octanol–water partition coefficient (Wildman–Crippen LogP) is 4.49. The smallest absolute Gasteiger partial charge is 0.364 e. The van der Waals surface area contributed by atoms with Gasteiger partial charge in [-0.2, -0.15) is 13.2 Å². The molecule has 3 N–H and O–H groups in total. The number of amides is 1. The van der Waals surface area contributed by atoms with Crippen LogP contribution in [0, 0.1) is 5.41 Å². The molecular formula is C22H22F3N5O2. The number of anilines is 1. The Morgan fingerprint density at radius 3 is 2.84 bits per heavy atom. The zero-order chi connectivity index (χ0) is 22.8. The summed E-state index contributed by atoms with van der Waals surface area (Å²) in [5, 5.41) is 9.64. The molecule has 0 fully saturated rings. The van der Waals surface area contributed by atoms with E-state index in [1.54, 1.807) is 19.1 Å². The molecule has 32 heavy (non-hydrogen) atoms. The number of carbonyl (C=O) groups excluding carboxylic acids is 1. The molecule has 2 heterocycles. The number of nitrogens with zero attached hydrogens (tertiary/aromatic N) is 2. The SMILES string of the molecule is CC1(C(CC(=O)NCc2ccon2)Nc2nc3ccccc3[nH]2)C=CC=C(C(F)(F)F)C1. The topological polar surface area (TPSA) is 95.8 Å². The minimum atomic E-state index is -4.44. The van der Waals surface area contributed by atoms with Crippen molar-refractivity contribution in [2.45, 2.75) is 38.5 Å². The first-order chi connectivity index (χ1) is 15.2. The van der Waals surface area contributed by atoms with Crippen LogP contribution in [0.3, 0.4) is 0 Å². The van der Waals surface area contributed by atoms with E-state index >= 15 is 0 Å². The minimum Gasteiger partial charge on any atom is -0.364 e. The summed E-state index contributed by atoms with van der Waals surface area (Å²) in [7, 11) is 0. The molecule has 1 aliphatic rings. The molecule has 168 valence electrons. The fourth-order valence-corrected chi connectivity index (χ4v) is 3.76. The van der Waals surface area contributed by atoms with E-state index in [4.69, 9.17) is 4.52 Å². The number of allylic oxidation sites excluding steroid dienone is 3. The zero-order valence-electron chi connectivity index (χ0n) is 17.2. The predicted molar refractivity (Wildman–Crippen MR) is 112 cm³/mol. The molecule has 4 rings (SSSR count). The summed E-state index contributed by atoms with van der Waals surface area (Å²) in [4.78, 5) is 20.2. The number of halogens is 3. The fourth-order valence-electron chi connectivity index (χ4n) is 3.76. The number of hydrogen-bond donors (Lipinski definition) is 3. The molecule has 10 heteroatoms. The van der Waals surface area contributed by atoms with Gasteiger partial charge in [-0.25, -0.2) is 4.98 Å². The minimum absolute atomic E-state index is 0.0686. The van der Waals surface area contributed by atoms with Crippen LogP contribution in [-0.2, 0) is 11.3 Å². The summed E-state index contributed by atoms with van der Waals surface area (Å²) in [5.74, 6) is 0.0533. The van der Waals surface area contributed by atoms with Crippen LogP contribution in [0.2, 0.25) is 0 Å². The third-order valence-electron chi connectivity index (χ3n) is 5.55. The van der Waals surface area contributed by atoms with E-state index in [1.807, 2.05) is 24.3 Å². The highest BCUT2D eigenvalue weighted by molar-refractivity contribution is 5.79. The van der Waals surface area contributed by atoms with Gasteiger partial charge in [-0.15, -0.1) is 0 Å². The number of fused-ring (bicyclic) bond motifs is 1. The van der Waals surface area contributed by atoms with Crippen molar-refractivity contribution in [2.24, 2.45) is 5.41 Å². The molecule has 2 unspecified atom stereocenters. The lowest BCUT2D eigenvalue weighted by Gasteiger charge is -2.38. The average molecular weight is 445 g/mol. The largest absolute Gasteiger partial charge is 0.412 e. The van der Waals surface area contributed by atoms with Gasteiger partial charge >= 0.3 is 6.18 Å². The van der Waals surface area contributed by atoms with E-state index in [2.05, 4.69) is 25.8 Å². The number of H-pyrrole nitrogens is 1. The van der Waals surface area contributed by atoms with Crippen molar-refractivity contribution < 1.29 is 22.5 Å². The van der Waals surface area contributed by atoms with E-state index in [-0.39, 0.29) is 25.3 Å². The van der Waals surface area contributed by atoms with Crippen LogP contribution in [-0.4, -0.2) is 33.2 Å². The molecule has 3 aromatic rings. The third kappa shape index (κ3) is 4.84. The molecule has 0 spiro atoms.